The molecule has 4 aliphatic carbocycles. The Balaban J connectivity index is 0.00000171. The van der Waals surface area contributed by atoms with E-state index in [9.17, 15) is 0 Å². The number of allylic oxidation sites excluding steroid dienone is 12. The second kappa shape index (κ2) is 8.95. The quantitative estimate of drug-likeness (QED) is 0.167. The Bertz CT molecular complexity index is 1070. The van der Waals surface area contributed by atoms with Crippen LogP contribution in [0.5, 0.6) is 0 Å². The van der Waals surface area contributed by atoms with Crippen LogP contribution in [-0.4, -0.2) is 37.9 Å². The molecule has 0 aromatic heterocycles. The molecule has 0 bridgehead atoms. The molecule has 0 amide bonds. The molecule has 9 heteroatoms. The van der Waals surface area contributed by atoms with Crippen molar-refractivity contribution < 1.29 is 0 Å². The van der Waals surface area contributed by atoms with Crippen molar-refractivity contribution >= 4 is 37.9 Å². The third-order valence-corrected chi connectivity index (χ3v) is 5.57. The number of azo groups is 1. The summed E-state index contributed by atoms with van der Waals surface area (Å²) < 4.78 is 3.76. The summed E-state index contributed by atoms with van der Waals surface area (Å²) in [5.41, 5.74) is 5.38. The Morgan fingerprint density at radius 1 is 0.839 bits per heavy atom. The summed E-state index contributed by atoms with van der Waals surface area (Å²) in [7, 11) is 0. The zero-order chi connectivity index (χ0) is 20.4. The molecule has 0 fully saturated rings. The molecular weight excluding hydrogens is 912 g/mol. The third-order valence-electron chi connectivity index (χ3n) is 5.30. The SMILES string of the molecule is C[C-]1C=C(N=[N][Al])C=CC(N=NC2=C3C=C[C-]4C=CC(=C(N=[CH][Al])C=C2)C34C)=C1.[Lr].[Lr]. The topological polar surface area (TPSA) is 61.8 Å². The molecule has 0 N–H and O–H groups in total. The van der Waals surface area contributed by atoms with Gasteiger partial charge in [-0.3, -0.25) is 10.1 Å². The van der Waals surface area contributed by atoms with E-state index in [0.717, 1.165) is 34.3 Å². The van der Waals surface area contributed by atoms with Gasteiger partial charge in [-0.25, -0.2) is 5.11 Å². The van der Waals surface area contributed by atoms with Crippen LogP contribution in [0.4, 0.5) is 0 Å². The Kier molecular flexibility index (Phi) is 6.60. The average molecular weight is 929 g/mol. The molecule has 31 heavy (non-hydrogen) atoms. The zero-order valence-electron chi connectivity index (χ0n) is 16.8. The van der Waals surface area contributed by atoms with E-state index in [-0.39, 0.29) is 5.41 Å². The predicted molar refractivity (Wildman–Crippen MR) is 117 cm³/mol. The second-order valence-electron chi connectivity index (χ2n) is 7.09. The Hall–Kier alpha value is -4.41. The van der Waals surface area contributed by atoms with E-state index in [1.807, 2.05) is 43.4 Å². The van der Waals surface area contributed by atoms with Gasteiger partial charge in [0.25, 0.3) is 0 Å². The van der Waals surface area contributed by atoms with Gasteiger partial charge in [0, 0.05) is 0 Å². The first-order chi connectivity index (χ1) is 14.1. The predicted octanol–water partition coefficient (Wildman–Crippen LogP) is 4.90. The van der Waals surface area contributed by atoms with Gasteiger partial charge in [-0.05, 0) is 29.0 Å². The fourth-order valence-electron chi connectivity index (χ4n) is 3.90. The first-order valence-corrected chi connectivity index (χ1v) is 10.4. The fourth-order valence-corrected chi connectivity index (χ4v) is 4.20. The normalized spacial score (nSPS) is 24.1. The number of rotatable bonds is 4. The summed E-state index contributed by atoms with van der Waals surface area (Å²) in [4.78, 5) is 4.55. The van der Waals surface area contributed by atoms with Crippen molar-refractivity contribution in [3.8, 4) is 0 Å². The summed E-state index contributed by atoms with van der Waals surface area (Å²) in [6, 6.07) is 0. The van der Waals surface area contributed by atoms with Crippen molar-refractivity contribution in [2.45, 2.75) is 13.8 Å². The monoisotopic (exact) mass is 929 g/mol. The summed E-state index contributed by atoms with van der Waals surface area (Å²) in [6.07, 6.45) is 20.3. The van der Waals surface area contributed by atoms with Gasteiger partial charge in [-0.15, -0.1) is 30.2 Å². The molecule has 0 aliphatic heterocycles. The second-order valence-corrected chi connectivity index (χ2v) is 7.62. The molecule has 0 saturated heterocycles. The maximum absolute atomic E-state index is 4.62. The molecule has 1 atom stereocenters. The minimum Gasteiger partial charge on any atom is -0.358 e. The summed E-state index contributed by atoms with van der Waals surface area (Å²) in [5.74, 6) is 2.29. The summed E-state index contributed by atoms with van der Waals surface area (Å²) in [6.45, 7) is 4.23. The first kappa shape index (κ1) is 22.9. The molecule has 6 radical (unpaired) electrons. The number of aliphatic imine (C=N–C) groups is 1. The Morgan fingerprint density at radius 2 is 1.42 bits per heavy atom. The van der Waals surface area contributed by atoms with Gasteiger partial charge in [0.15, 0.2) is 16.3 Å². The van der Waals surface area contributed by atoms with Crippen LogP contribution >= 0.6 is 0 Å². The molecule has 0 aromatic rings. The van der Waals surface area contributed by atoms with Crippen molar-refractivity contribution in [1.29, 1.82) is 0 Å². The van der Waals surface area contributed by atoms with Crippen molar-refractivity contribution in [2.75, 3.05) is 0 Å². The zero-order valence-corrected chi connectivity index (χ0v) is 23.4. The van der Waals surface area contributed by atoms with Crippen LogP contribution in [0.3, 0.4) is 0 Å². The van der Waals surface area contributed by atoms with Crippen LogP contribution in [0.25, 0.3) is 0 Å². The van der Waals surface area contributed by atoms with Crippen LogP contribution < -0.4 is 0 Å². The van der Waals surface area contributed by atoms with Crippen molar-refractivity contribution in [3.63, 3.8) is 0 Å². The molecule has 168 valence electrons. The van der Waals surface area contributed by atoms with Crippen LogP contribution in [-0.2, 0) is 0 Å². The van der Waals surface area contributed by atoms with Crippen LogP contribution in [0.2, 0.25) is 0 Å². The molecule has 4 rings (SSSR count). The van der Waals surface area contributed by atoms with E-state index in [0.29, 0.717) is 0 Å². The van der Waals surface area contributed by atoms with Gasteiger partial charge in [0.1, 0.15) is 0 Å². The average Bonchev–Trinajstić information content (AvgIpc) is 3.06. The Morgan fingerprint density at radius 3 is 2.03 bits per heavy atom. The number of hydrogen-bond donors (Lipinski definition) is 0. The maximum atomic E-state index is 4.62. The van der Waals surface area contributed by atoms with Gasteiger partial charge in [0.05, 0.1) is 11.4 Å². The minimum atomic E-state index is -0.242. The van der Waals surface area contributed by atoms with Crippen molar-refractivity contribution in [2.24, 2.45) is 29.8 Å². The summed E-state index contributed by atoms with van der Waals surface area (Å²) in [5, 5.41) is 15.0. The van der Waals surface area contributed by atoms with Gasteiger partial charge >= 0.3 is 16.5 Å². The Labute approximate surface area is 187 Å². The van der Waals surface area contributed by atoms with E-state index in [1.54, 1.807) is 5.08 Å². The maximum Gasteiger partial charge on any atom is 0.384 e. The minimum absolute atomic E-state index is 0. The van der Waals surface area contributed by atoms with Crippen LogP contribution in [0, 0.1) is 17.3 Å². The standard InChI is InChI=1S/C22H17N5.2Al.2Lr/c1-14-12-16(25-23)6-7-17(13-14)26-27-21-11-10-20(24-3)18-8-4-15-5-9-19(21)22(15,18)2;;;;/h3-13H,1-2H3;;;;/q-3;;+1;;. The van der Waals surface area contributed by atoms with Crippen molar-refractivity contribution in [1.82, 2.24) is 0 Å². The molecule has 0 aromatic carbocycles. The molecule has 0 heterocycles. The number of nitrogens with zero attached hydrogens (tertiary/aromatic N) is 5. The van der Waals surface area contributed by atoms with Gasteiger partial charge in [-0.1, -0.05) is 30.1 Å². The van der Waals surface area contributed by atoms with E-state index in [4.69, 9.17) is 0 Å². The molecule has 5 nitrogen and oxygen atoms in total. The number of hydrogen-bond acceptors (Lipinski definition) is 5. The van der Waals surface area contributed by atoms with E-state index < -0.39 is 0 Å². The smallest absolute Gasteiger partial charge is 0.358 e. The first-order valence-electron chi connectivity index (χ1n) is 9.19. The fraction of sp³-hybridized carbons (Fsp3) is 0.136. The largest absolute Gasteiger partial charge is 0.384 e. The molecule has 1 unspecified atom stereocenters. The van der Waals surface area contributed by atoms with Crippen LogP contribution in [0.1, 0.15) is 13.8 Å². The third kappa shape index (κ3) is 3.88. The van der Waals surface area contributed by atoms with E-state index in [2.05, 4.69) is 88.5 Å². The van der Waals surface area contributed by atoms with Gasteiger partial charge < -0.3 is 4.10 Å². The molecule has 0 saturated carbocycles. The van der Waals surface area contributed by atoms with E-state index >= 15 is 0 Å². The van der Waals surface area contributed by atoms with E-state index in [1.165, 1.54) is 11.5 Å². The van der Waals surface area contributed by atoms with Crippen molar-refractivity contribution in [3.05, 3.63) is 107 Å². The van der Waals surface area contributed by atoms with Gasteiger partial charge in [0.2, 0.25) is 0 Å². The van der Waals surface area contributed by atoms with Crippen LogP contribution in [0.15, 0.2) is 119 Å². The van der Waals surface area contributed by atoms with Gasteiger partial charge in [-0.2, -0.15) is 35.3 Å². The summed E-state index contributed by atoms with van der Waals surface area (Å²) >= 11 is 4.78. The molecule has 0 spiro atoms. The molecular formula is C22H17Al2Lr2N5-2. The molecule has 4 aliphatic rings.